The van der Waals surface area contributed by atoms with E-state index in [2.05, 4.69) is 15.3 Å². The molecule has 0 aliphatic heterocycles. The Morgan fingerprint density at radius 1 is 1.14 bits per heavy atom. The predicted octanol–water partition coefficient (Wildman–Crippen LogP) is 1.14. The first-order chi connectivity index (χ1) is 10.0. The maximum Gasteiger partial charge on any atom is 0.244 e. The number of anilines is 2. The molecule has 7 nitrogen and oxygen atoms in total. The molecule has 0 unspecified atom stereocenters. The summed E-state index contributed by atoms with van der Waals surface area (Å²) < 4.78 is 0. The fraction of sp³-hybridized carbons (Fsp3) is 0.214. The van der Waals surface area contributed by atoms with Gasteiger partial charge in [-0.2, -0.15) is 9.97 Å². The predicted molar refractivity (Wildman–Crippen MR) is 75.8 cm³/mol. The largest absolute Gasteiger partial charge is 0.492 e. The van der Waals surface area contributed by atoms with Gasteiger partial charge in [0.2, 0.25) is 23.6 Å². The second-order valence-corrected chi connectivity index (χ2v) is 5.01. The first-order valence-corrected chi connectivity index (χ1v) is 6.45. The van der Waals surface area contributed by atoms with E-state index in [1.54, 1.807) is 0 Å². The summed E-state index contributed by atoms with van der Waals surface area (Å²) in [4.78, 5) is 19.5. The van der Waals surface area contributed by atoms with Gasteiger partial charge in [0.05, 0.1) is 5.41 Å². The molecule has 3 rings (SSSR count). The van der Waals surface area contributed by atoms with Crippen LogP contribution in [-0.4, -0.2) is 26.1 Å². The SMILES string of the molecule is Nc1nc(O)c(NC(=O)C2(c3ccccc3)CC2)c(O)n1. The highest BCUT2D eigenvalue weighted by Gasteiger charge is 2.51. The Balaban J connectivity index is 1.88. The molecule has 21 heavy (non-hydrogen) atoms. The van der Waals surface area contributed by atoms with Crippen LogP contribution in [0.2, 0.25) is 0 Å². The highest BCUT2D eigenvalue weighted by atomic mass is 16.3. The molecular weight excluding hydrogens is 272 g/mol. The molecule has 0 spiro atoms. The first-order valence-electron chi connectivity index (χ1n) is 6.45. The van der Waals surface area contributed by atoms with Crippen molar-refractivity contribution < 1.29 is 15.0 Å². The van der Waals surface area contributed by atoms with Crippen LogP contribution in [0, 0.1) is 0 Å². The van der Waals surface area contributed by atoms with Gasteiger partial charge in [0, 0.05) is 0 Å². The van der Waals surface area contributed by atoms with Gasteiger partial charge in [0.25, 0.3) is 0 Å². The van der Waals surface area contributed by atoms with E-state index in [9.17, 15) is 15.0 Å². The Morgan fingerprint density at radius 3 is 2.24 bits per heavy atom. The standard InChI is InChI=1S/C14H14N4O3/c15-13-17-10(19)9(11(20)18-13)16-12(21)14(6-7-14)8-4-2-1-3-5-8/h1-5H,6-7H2,(H,16,21)(H4,15,17,18,19,20). The highest BCUT2D eigenvalue weighted by Crippen LogP contribution is 2.49. The van der Waals surface area contributed by atoms with Gasteiger partial charge in [-0.15, -0.1) is 0 Å². The van der Waals surface area contributed by atoms with Crippen molar-refractivity contribution in [3.63, 3.8) is 0 Å². The van der Waals surface area contributed by atoms with Crippen molar-refractivity contribution in [2.75, 3.05) is 11.1 Å². The van der Waals surface area contributed by atoms with E-state index in [1.807, 2.05) is 30.3 Å². The average Bonchev–Trinajstić information content (AvgIpc) is 3.25. The summed E-state index contributed by atoms with van der Waals surface area (Å²) in [5.41, 5.74) is 5.35. The molecule has 1 saturated carbocycles. The van der Waals surface area contributed by atoms with Gasteiger partial charge in [0.1, 0.15) is 0 Å². The van der Waals surface area contributed by atoms with Gasteiger partial charge in [-0.1, -0.05) is 30.3 Å². The van der Waals surface area contributed by atoms with E-state index in [-0.39, 0.29) is 17.5 Å². The van der Waals surface area contributed by atoms with Crippen molar-refractivity contribution in [3.05, 3.63) is 35.9 Å². The van der Waals surface area contributed by atoms with Crippen LogP contribution in [0.25, 0.3) is 0 Å². The van der Waals surface area contributed by atoms with Crippen molar-refractivity contribution in [3.8, 4) is 11.8 Å². The Hall–Kier alpha value is -2.83. The molecule has 1 aliphatic carbocycles. The number of amides is 1. The van der Waals surface area contributed by atoms with E-state index >= 15 is 0 Å². The van der Waals surface area contributed by atoms with Gasteiger partial charge in [0.15, 0.2) is 5.69 Å². The molecule has 1 heterocycles. The average molecular weight is 286 g/mol. The van der Waals surface area contributed by atoms with Crippen LogP contribution < -0.4 is 11.1 Å². The van der Waals surface area contributed by atoms with Gasteiger partial charge in [-0.05, 0) is 18.4 Å². The van der Waals surface area contributed by atoms with Crippen LogP contribution >= 0.6 is 0 Å². The number of hydrogen-bond donors (Lipinski definition) is 4. The molecule has 5 N–H and O–H groups in total. The number of aromatic hydroxyl groups is 2. The molecule has 0 saturated heterocycles. The summed E-state index contributed by atoms with van der Waals surface area (Å²) >= 11 is 0. The fourth-order valence-corrected chi connectivity index (χ4v) is 2.33. The molecule has 1 aromatic heterocycles. The van der Waals surface area contributed by atoms with Crippen LogP contribution in [0.1, 0.15) is 18.4 Å². The zero-order valence-electron chi connectivity index (χ0n) is 11.1. The number of nitrogen functional groups attached to an aromatic ring is 1. The van der Waals surface area contributed by atoms with Crippen LogP contribution in [0.15, 0.2) is 30.3 Å². The van der Waals surface area contributed by atoms with Gasteiger partial charge in [-0.3, -0.25) is 4.79 Å². The number of carbonyl (C=O) groups is 1. The lowest BCUT2D eigenvalue weighted by molar-refractivity contribution is -0.118. The van der Waals surface area contributed by atoms with Crippen molar-refractivity contribution in [2.45, 2.75) is 18.3 Å². The third-order valence-electron chi connectivity index (χ3n) is 3.64. The van der Waals surface area contributed by atoms with Gasteiger partial charge < -0.3 is 21.3 Å². The lowest BCUT2D eigenvalue weighted by atomic mass is 9.95. The molecule has 0 bridgehead atoms. The number of rotatable bonds is 3. The summed E-state index contributed by atoms with van der Waals surface area (Å²) in [7, 11) is 0. The molecule has 7 heteroatoms. The monoisotopic (exact) mass is 286 g/mol. The number of nitrogens with two attached hydrogens (primary N) is 1. The van der Waals surface area contributed by atoms with Crippen molar-refractivity contribution in [1.82, 2.24) is 9.97 Å². The highest BCUT2D eigenvalue weighted by molar-refractivity contribution is 6.02. The third kappa shape index (κ3) is 2.22. The number of hydrogen-bond acceptors (Lipinski definition) is 6. The molecule has 1 aliphatic rings. The zero-order chi connectivity index (χ0) is 15.0. The van der Waals surface area contributed by atoms with E-state index in [0.717, 1.165) is 5.56 Å². The maximum absolute atomic E-state index is 12.5. The third-order valence-corrected chi connectivity index (χ3v) is 3.64. The number of nitrogens with zero attached hydrogens (tertiary/aromatic N) is 2. The normalized spacial score (nSPS) is 15.4. The molecule has 1 aromatic carbocycles. The van der Waals surface area contributed by atoms with Crippen molar-refractivity contribution in [2.24, 2.45) is 0 Å². The first kappa shape index (κ1) is 13.2. The fourth-order valence-electron chi connectivity index (χ4n) is 2.33. The Kier molecular flexibility index (Phi) is 2.90. The molecule has 0 radical (unpaired) electrons. The quantitative estimate of drug-likeness (QED) is 0.671. The Bertz CT molecular complexity index is 676. The summed E-state index contributed by atoms with van der Waals surface area (Å²) in [6.45, 7) is 0. The van der Waals surface area contributed by atoms with E-state index in [4.69, 9.17) is 5.73 Å². The zero-order valence-corrected chi connectivity index (χ0v) is 11.1. The molecule has 108 valence electrons. The molecule has 0 atom stereocenters. The Morgan fingerprint density at radius 2 is 1.71 bits per heavy atom. The summed E-state index contributed by atoms with van der Waals surface area (Å²) in [5.74, 6) is -1.70. The van der Waals surface area contributed by atoms with Crippen molar-refractivity contribution in [1.29, 1.82) is 0 Å². The Labute approximate surface area is 120 Å². The minimum Gasteiger partial charge on any atom is -0.492 e. The lowest BCUT2D eigenvalue weighted by Crippen LogP contribution is -2.28. The minimum absolute atomic E-state index is 0.226. The van der Waals surface area contributed by atoms with Crippen LogP contribution in [0.5, 0.6) is 11.8 Å². The van der Waals surface area contributed by atoms with Crippen LogP contribution in [0.4, 0.5) is 11.6 Å². The molecular formula is C14H14N4O3. The van der Waals surface area contributed by atoms with Gasteiger partial charge in [-0.25, -0.2) is 0 Å². The lowest BCUT2D eigenvalue weighted by Gasteiger charge is -2.16. The number of aromatic nitrogens is 2. The summed E-state index contributed by atoms with van der Waals surface area (Å²) in [6.07, 6.45) is 1.42. The summed E-state index contributed by atoms with van der Waals surface area (Å²) in [6, 6.07) is 9.37. The number of carbonyl (C=O) groups excluding carboxylic acids is 1. The number of benzene rings is 1. The second-order valence-electron chi connectivity index (χ2n) is 5.01. The number of nitrogens with one attached hydrogen (secondary N) is 1. The maximum atomic E-state index is 12.5. The van der Waals surface area contributed by atoms with Crippen LogP contribution in [-0.2, 0) is 10.2 Å². The van der Waals surface area contributed by atoms with E-state index < -0.39 is 17.2 Å². The van der Waals surface area contributed by atoms with Crippen LogP contribution in [0.3, 0.4) is 0 Å². The topological polar surface area (TPSA) is 121 Å². The summed E-state index contributed by atoms with van der Waals surface area (Å²) in [5, 5.41) is 21.8. The van der Waals surface area contributed by atoms with Crippen molar-refractivity contribution >= 4 is 17.5 Å². The second kappa shape index (κ2) is 4.62. The van der Waals surface area contributed by atoms with Gasteiger partial charge >= 0.3 is 0 Å². The minimum atomic E-state index is -0.623. The van der Waals surface area contributed by atoms with E-state index in [1.165, 1.54) is 0 Å². The van der Waals surface area contributed by atoms with E-state index in [0.29, 0.717) is 12.8 Å². The molecule has 1 fully saturated rings. The molecule has 2 aromatic rings. The smallest absolute Gasteiger partial charge is 0.244 e. The molecule has 1 amide bonds.